The van der Waals surface area contributed by atoms with Crippen molar-refractivity contribution < 1.29 is 46.5 Å². The molecule has 0 fully saturated rings. The summed E-state index contributed by atoms with van der Waals surface area (Å²) >= 11 is 0. The first kappa shape index (κ1) is 30.9. The first-order chi connectivity index (χ1) is 20.4. The molecular formula is C31H29F3N2O7. The lowest BCUT2D eigenvalue weighted by Gasteiger charge is -2.33. The molecule has 0 saturated heterocycles. The number of halogens is 3. The standard InChI is InChI=1S/C31H29F3N2O7/c1-18-25(26(37)20-9-7-6-8-10-20)30(31(32,33)34,29(39)36(18)17-19-11-13-22(40-2)14-12-19)35-28(38)21-15-23(41-3)27(43-5)24(16-21)42-4/h6-16H,17H2,1-5H3,(H,35,38)/t30-/m0/s1. The molecule has 3 aromatic rings. The molecule has 1 heterocycles. The monoisotopic (exact) mass is 598 g/mol. The van der Waals surface area contributed by atoms with Crippen LogP contribution in [0.3, 0.4) is 0 Å². The molecule has 9 nitrogen and oxygen atoms in total. The van der Waals surface area contributed by atoms with Gasteiger partial charge < -0.3 is 29.2 Å². The Balaban J connectivity index is 1.89. The molecular weight excluding hydrogens is 569 g/mol. The number of amides is 2. The Kier molecular flexibility index (Phi) is 8.70. The van der Waals surface area contributed by atoms with Crippen LogP contribution < -0.4 is 24.3 Å². The Morgan fingerprint density at radius 2 is 1.42 bits per heavy atom. The second-order valence-corrected chi connectivity index (χ2v) is 9.51. The Hall–Kier alpha value is -5.00. The fourth-order valence-electron chi connectivity index (χ4n) is 4.94. The average Bonchev–Trinajstić information content (AvgIpc) is 3.22. The predicted octanol–water partition coefficient (Wildman–Crippen LogP) is 4.95. The number of benzene rings is 3. The smallest absolute Gasteiger partial charge is 0.425 e. The highest BCUT2D eigenvalue weighted by atomic mass is 19.4. The van der Waals surface area contributed by atoms with Crippen LogP contribution in [0.1, 0.15) is 33.2 Å². The summed E-state index contributed by atoms with van der Waals surface area (Å²) in [5.41, 5.74) is -4.83. The molecule has 2 amide bonds. The number of ether oxygens (including phenoxy) is 4. The van der Waals surface area contributed by atoms with Crippen LogP contribution in [0.5, 0.6) is 23.0 Å². The van der Waals surface area contributed by atoms with Crippen LogP contribution in [0.15, 0.2) is 78.0 Å². The van der Waals surface area contributed by atoms with Gasteiger partial charge in [-0.2, -0.15) is 13.2 Å². The Morgan fingerprint density at radius 1 is 0.837 bits per heavy atom. The van der Waals surface area contributed by atoms with Gasteiger partial charge in [0.2, 0.25) is 11.3 Å². The van der Waals surface area contributed by atoms with Crippen molar-refractivity contribution in [3.8, 4) is 23.0 Å². The number of rotatable bonds is 10. The molecule has 1 aliphatic rings. The molecule has 0 spiro atoms. The number of ketones is 1. The minimum absolute atomic E-state index is 0.000697. The van der Waals surface area contributed by atoms with E-state index in [2.05, 4.69) is 0 Å². The summed E-state index contributed by atoms with van der Waals surface area (Å²) in [5.74, 6) is -3.29. The summed E-state index contributed by atoms with van der Waals surface area (Å²) < 4.78 is 66.8. The van der Waals surface area contributed by atoms with E-state index >= 15 is 13.2 Å². The van der Waals surface area contributed by atoms with Crippen molar-refractivity contribution in [2.75, 3.05) is 28.4 Å². The molecule has 12 heteroatoms. The van der Waals surface area contributed by atoms with E-state index in [0.29, 0.717) is 11.3 Å². The molecule has 0 saturated carbocycles. The predicted molar refractivity (Wildman–Crippen MR) is 149 cm³/mol. The van der Waals surface area contributed by atoms with Crippen molar-refractivity contribution in [1.29, 1.82) is 0 Å². The lowest BCUT2D eigenvalue weighted by Crippen LogP contribution is -2.66. The normalized spacial score (nSPS) is 16.7. The van der Waals surface area contributed by atoms with Crippen molar-refractivity contribution in [3.05, 3.63) is 94.7 Å². The summed E-state index contributed by atoms with van der Waals surface area (Å²) in [4.78, 5) is 42.2. The first-order valence-electron chi connectivity index (χ1n) is 12.9. The van der Waals surface area contributed by atoms with Gasteiger partial charge in [-0.3, -0.25) is 14.4 Å². The second kappa shape index (κ2) is 12.1. The molecule has 0 unspecified atom stereocenters. The summed E-state index contributed by atoms with van der Waals surface area (Å²) in [6.07, 6.45) is -5.43. The zero-order chi connectivity index (χ0) is 31.5. The fraction of sp³-hybridized carbons (Fsp3) is 0.258. The van der Waals surface area contributed by atoms with Gasteiger partial charge in [0.1, 0.15) is 5.75 Å². The van der Waals surface area contributed by atoms with E-state index in [1.165, 1.54) is 59.6 Å². The van der Waals surface area contributed by atoms with Crippen LogP contribution in [0.2, 0.25) is 0 Å². The number of methoxy groups -OCH3 is 4. The van der Waals surface area contributed by atoms with Gasteiger partial charge in [-0.1, -0.05) is 42.5 Å². The summed E-state index contributed by atoms with van der Waals surface area (Å²) in [6, 6.07) is 15.9. The van der Waals surface area contributed by atoms with E-state index in [1.807, 2.05) is 5.32 Å². The quantitative estimate of drug-likeness (QED) is 0.330. The average molecular weight is 599 g/mol. The van der Waals surface area contributed by atoms with Crippen molar-refractivity contribution in [1.82, 2.24) is 10.2 Å². The van der Waals surface area contributed by atoms with Crippen molar-refractivity contribution in [3.63, 3.8) is 0 Å². The molecule has 1 atom stereocenters. The topological polar surface area (TPSA) is 103 Å². The number of hydrogen-bond acceptors (Lipinski definition) is 7. The SMILES string of the molecule is COc1ccc(CN2C(=O)[C@](NC(=O)c3cc(OC)c(OC)c(OC)c3)(C(F)(F)F)C(C(=O)c3ccccc3)=C2C)cc1. The van der Waals surface area contributed by atoms with Crippen LogP contribution in [0.4, 0.5) is 13.2 Å². The largest absolute Gasteiger partial charge is 0.497 e. The summed E-state index contributed by atoms with van der Waals surface area (Å²) in [5, 5.41) is 1.90. The van der Waals surface area contributed by atoms with E-state index in [4.69, 9.17) is 18.9 Å². The number of nitrogens with zero attached hydrogens (tertiary/aromatic N) is 1. The third-order valence-electron chi connectivity index (χ3n) is 7.12. The Bertz CT molecular complexity index is 1550. The van der Waals surface area contributed by atoms with Crippen LogP contribution in [0.25, 0.3) is 0 Å². The van der Waals surface area contributed by atoms with Gasteiger partial charge >= 0.3 is 6.18 Å². The van der Waals surface area contributed by atoms with Crippen molar-refractivity contribution >= 4 is 17.6 Å². The Labute approximate surface area is 245 Å². The van der Waals surface area contributed by atoms with Gasteiger partial charge in [-0.05, 0) is 36.8 Å². The minimum atomic E-state index is -5.43. The molecule has 1 N–H and O–H groups in total. The first-order valence-corrected chi connectivity index (χ1v) is 12.9. The molecule has 0 bridgehead atoms. The molecule has 4 rings (SSSR count). The Morgan fingerprint density at radius 3 is 1.91 bits per heavy atom. The second-order valence-electron chi connectivity index (χ2n) is 9.51. The maximum absolute atomic E-state index is 15.3. The number of hydrogen-bond donors (Lipinski definition) is 1. The van der Waals surface area contributed by atoms with E-state index < -0.39 is 34.9 Å². The highest BCUT2D eigenvalue weighted by Gasteiger charge is 2.70. The number of allylic oxidation sites excluding steroid dienone is 1. The molecule has 0 aliphatic carbocycles. The minimum Gasteiger partial charge on any atom is -0.497 e. The van der Waals surface area contributed by atoms with Crippen LogP contribution in [-0.4, -0.2) is 62.7 Å². The zero-order valence-electron chi connectivity index (χ0n) is 24.0. The number of carbonyl (C=O) groups is 3. The molecule has 3 aromatic carbocycles. The van der Waals surface area contributed by atoms with E-state index in [0.717, 1.165) is 17.0 Å². The van der Waals surface area contributed by atoms with Gasteiger partial charge in [0.25, 0.3) is 11.8 Å². The number of nitrogens with one attached hydrogen (secondary N) is 1. The van der Waals surface area contributed by atoms with Crippen molar-refractivity contribution in [2.45, 2.75) is 25.2 Å². The highest BCUT2D eigenvalue weighted by molar-refractivity contribution is 6.19. The van der Waals surface area contributed by atoms with Crippen LogP contribution >= 0.6 is 0 Å². The molecule has 1 aliphatic heterocycles. The van der Waals surface area contributed by atoms with Gasteiger partial charge in [-0.25, -0.2) is 0 Å². The van der Waals surface area contributed by atoms with E-state index in [1.54, 1.807) is 30.3 Å². The third kappa shape index (κ3) is 5.47. The van der Waals surface area contributed by atoms with Crippen LogP contribution in [-0.2, 0) is 11.3 Å². The number of alkyl halides is 3. The molecule has 0 radical (unpaired) electrons. The maximum Gasteiger partial charge on any atom is 0.425 e. The fourth-order valence-corrected chi connectivity index (χ4v) is 4.94. The van der Waals surface area contributed by atoms with Crippen LogP contribution in [0, 0.1) is 0 Å². The van der Waals surface area contributed by atoms with Gasteiger partial charge in [0.15, 0.2) is 17.3 Å². The van der Waals surface area contributed by atoms with E-state index in [-0.39, 0.29) is 40.6 Å². The van der Waals surface area contributed by atoms with Gasteiger partial charge in [0.05, 0.1) is 40.6 Å². The lowest BCUT2D eigenvalue weighted by molar-refractivity contribution is -0.189. The third-order valence-corrected chi connectivity index (χ3v) is 7.12. The van der Waals surface area contributed by atoms with Gasteiger partial charge in [0, 0.05) is 16.8 Å². The zero-order valence-corrected chi connectivity index (χ0v) is 24.0. The summed E-state index contributed by atoms with van der Waals surface area (Å²) in [6.45, 7) is 0.939. The molecule has 0 aromatic heterocycles. The maximum atomic E-state index is 15.3. The number of Topliss-reactive ketones (excluding diaryl/α,β-unsaturated/α-hetero) is 1. The summed E-state index contributed by atoms with van der Waals surface area (Å²) in [7, 11) is 5.33. The highest BCUT2D eigenvalue weighted by Crippen LogP contribution is 2.47. The van der Waals surface area contributed by atoms with Gasteiger partial charge in [-0.15, -0.1) is 0 Å². The number of carbonyl (C=O) groups excluding carboxylic acids is 3. The molecule has 43 heavy (non-hydrogen) atoms. The lowest BCUT2D eigenvalue weighted by atomic mass is 9.84. The van der Waals surface area contributed by atoms with Crippen molar-refractivity contribution in [2.24, 2.45) is 0 Å². The molecule has 226 valence electrons. The van der Waals surface area contributed by atoms with E-state index in [9.17, 15) is 14.4 Å².